The number of rotatable bonds is 8. The van der Waals surface area contributed by atoms with Crippen molar-refractivity contribution in [2.75, 3.05) is 6.61 Å². The number of aliphatic hydroxyl groups excluding tert-OH is 1. The Morgan fingerprint density at radius 3 is 2.43 bits per heavy atom. The Kier molecular flexibility index (Phi) is 7.49. The van der Waals surface area contributed by atoms with Gasteiger partial charge in [-0.2, -0.15) is 0 Å². The minimum Gasteiger partial charge on any atom is -0.490 e. The van der Waals surface area contributed by atoms with Gasteiger partial charge in [-0.15, -0.1) is 0 Å². The number of aliphatic hydroxyl groups is 1. The number of hydrogen-bond acceptors (Lipinski definition) is 4. The zero-order valence-electron chi connectivity index (χ0n) is 13.4. The summed E-state index contributed by atoms with van der Waals surface area (Å²) in [7, 11) is 0. The van der Waals surface area contributed by atoms with Crippen molar-refractivity contribution in [2.45, 2.75) is 59.4 Å². The van der Waals surface area contributed by atoms with Gasteiger partial charge in [0.15, 0.2) is 11.5 Å². The second kappa shape index (κ2) is 8.61. The highest BCUT2D eigenvalue weighted by Gasteiger charge is 2.17. The molecule has 0 aliphatic rings. The average molecular weight is 360 g/mol. The summed E-state index contributed by atoms with van der Waals surface area (Å²) in [6.45, 7) is 11.0. The van der Waals surface area contributed by atoms with E-state index in [0.29, 0.717) is 24.1 Å². The predicted octanol–water partition coefficient (Wildman–Crippen LogP) is 3.49. The van der Waals surface area contributed by atoms with Crippen molar-refractivity contribution >= 4 is 15.9 Å². The predicted molar refractivity (Wildman–Crippen MR) is 89.1 cm³/mol. The second-order valence-corrected chi connectivity index (χ2v) is 6.29. The molecule has 1 aromatic rings. The molecule has 21 heavy (non-hydrogen) atoms. The lowest BCUT2D eigenvalue weighted by Crippen LogP contribution is -2.26. The van der Waals surface area contributed by atoms with E-state index in [1.807, 2.05) is 26.0 Å². The minimum absolute atomic E-state index is 0.305. The largest absolute Gasteiger partial charge is 0.490 e. The second-order valence-electron chi connectivity index (χ2n) is 5.44. The van der Waals surface area contributed by atoms with Gasteiger partial charge in [-0.1, -0.05) is 13.8 Å². The van der Waals surface area contributed by atoms with Gasteiger partial charge in [-0.3, -0.25) is 0 Å². The number of nitrogens with one attached hydrogen (secondary N) is 1. The molecule has 0 radical (unpaired) electrons. The van der Waals surface area contributed by atoms with Crippen molar-refractivity contribution < 1.29 is 14.6 Å². The Morgan fingerprint density at radius 2 is 1.90 bits per heavy atom. The monoisotopic (exact) mass is 359 g/mol. The van der Waals surface area contributed by atoms with E-state index < -0.39 is 6.10 Å². The van der Waals surface area contributed by atoms with Crippen LogP contribution in [0, 0.1) is 0 Å². The maximum absolute atomic E-state index is 9.60. The third-order valence-electron chi connectivity index (χ3n) is 3.07. The zero-order chi connectivity index (χ0) is 16.0. The standard InChI is InChI=1S/C16H26BrNO3/c1-6-20-15-8-13(9-18-10(2)3)7-14(17)16(15)21-12(5)11(4)19/h7-8,10-12,18-19H,6,9H2,1-5H3. The van der Waals surface area contributed by atoms with Gasteiger partial charge in [0.2, 0.25) is 0 Å². The van der Waals surface area contributed by atoms with Crippen molar-refractivity contribution in [3.63, 3.8) is 0 Å². The maximum Gasteiger partial charge on any atom is 0.175 e. The van der Waals surface area contributed by atoms with Crippen LogP contribution in [0.3, 0.4) is 0 Å². The Morgan fingerprint density at radius 1 is 1.24 bits per heavy atom. The summed E-state index contributed by atoms with van der Waals surface area (Å²) >= 11 is 3.54. The van der Waals surface area contributed by atoms with Gasteiger partial charge < -0.3 is 19.9 Å². The van der Waals surface area contributed by atoms with Crippen LogP contribution in [0.2, 0.25) is 0 Å². The summed E-state index contributed by atoms with van der Waals surface area (Å²) in [6.07, 6.45) is -0.853. The van der Waals surface area contributed by atoms with Gasteiger partial charge in [0.1, 0.15) is 6.10 Å². The highest BCUT2D eigenvalue weighted by molar-refractivity contribution is 9.10. The molecular formula is C16H26BrNO3. The molecule has 0 bridgehead atoms. The fraction of sp³-hybridized carbons (Fsp3) is 0.625. The van der Waals surface area contributed by atoms with Crippen LogP contribution in [0.4, 0.5) is 0 Å². The van der Waals surface area contributed by atoms with Gasteiger partial charge in [0, 0.05) is 12.6 Å². The van der Waals surface area contributed by atoms with E-state index >= 15 is 0 Å². The van der Waals surface area contributed by atoms with Gasteiger partial charge in [-0.05, 0) is 54.4 Å². The molecule has 0 heterocycles. The van der Waals surface area contributed by atoms with Crippen LogP contribution in [0.15, 0.2) is 16.6 Å². The van der Waals surface area contributed by atoms with E-state index in [0.717, 1.165) is 16.6 Å². The average Bonchev–Trinajstić information content (AvgIpc) is 2.40. The molecule has 0 aliphatic heterocycles. The third kappa shape index (κ3) is 5.85. The summed E-state index contributed by atoms with van der Waals surface area (Å²) in [5.41, 5.74) is 1.12. The summed E-state index contributed by atoms with van der Waals surface area (Å²) < 4.78 is 12.3. The molecule has 0 aromatic heterocycles. The number of halogens is 1. The molecule has 5 heteroatoms. The summed E-state index contributed by atoms with van der Waals surface area (Å²) in [6, 6.07) is 4.42. The normalized spacial score (nSPS) is 14.1. The van der Waals surface area contributed by atoms with E-state index in [1.165, 1.54) is 0 Å². The Balaban J connectivity index is 3.01. The smallest absolute Gasteiger partial charge is 0.175 e. The van der Waals surface area contributed by atoms with Crippen LogP contribution >= 0.6 is 15.9 Å². The Labute approximate surface area is 136 Å². The van der Waals surface area contributed by atoms with E-state index in [9.17, 15) is 5.11 Å². The number of ether oxygens (including phenoxy) is 2. The molecule has 1 rings (SSSR count). The third-order valence-corrected chi connectivity index (χ3v) is 3.66. The first-order valence-corrected chi connectivity index (χ1v) is 8.17. The van der Waals surface area contributed by atoms with Crippen molar-refractivity contribution in [2.24, 2.45) is 0 Å². The van der Waals surface area contributed by atoms with Crippen LogP contribution in [-0.4, -0.2) is 30.0 Å². The lowest BCUT2D eigenvalue weighted by molar-refractivity contribution is 0.0577. The van der Waals surface area contributed by atoms with Crippen molar-refractivity contribution in [1.82, 2.24) is 5.32 Å². The minimum atomic E-state index is -0.548. The molecule has 2 unspecified atom stereocenters. The van der Waals surface area contributed by atoms with Crippen LogP contribution < -0.4 is 14.8 Å². The van der Waals surface area contributed by atoms with E-state index in [4.69, 9.17) is 9.47 Å². The van der Waals surface area contributed by atoms with Crippen LogP contribution in [0.1, 0.15) is 40.2 Å². The lowest BCUT2D eigenvalue weighted by Gasteiger charge is -2.21. The summed E-state index contributed by atoms with van der Waals surface area (Å²) in [5.74, 6) is 1.33. The molecule has 0 fully saturated rings. The van der Waals surface area contributed by atoms with Gasteiger partial charge in [0.25, 0.3) is 0 Å². The summed E-state index contributed by atoms with van der Waals surface area (Å²) in [5, 5.41) is 13.0. The van der Waals surface area contributed by atoms with Crippen LogP contribution in [-0.2, 0) is 6.54 Å². The van der Waals surface area contributed by atoms with E-state index in [1.54, 1.807) is 6.92 Å². The van der Waals surface area contributed by atoms with Crippen LogP contribution in [0.5, 0.6) is 11.5 Å². The molecule has 4 nitrogen and oxygen atoms in total. The number of benzene rings is 1. The molecule has 0 saturated heterocycles. The molecule has 120 valence electrons. The highest BCUT2D eigenvalue weighted by Crippen LogP contribution is 2.37. The van der Waals surface area contributed by atoms with E-state index in [2.05, 4.69) is 35.1 Å². The molecule has 2 atom stereocenters. The molecule has 0 spiro atoms. The quantitative estimate of drug-likeness (QED) is 0.745. The summed E-state index contributed by atoms with van der Waals surface area (Å²) in [4.78, 5) is 0. The molecule has 1 aromatic carbocycles. The van der Waals surface area contributed by atoms with Gasteiger partial charge in [-0.25, -0.2) is 0 Å². The molecule has 2 N–H and O–H groups in total. The lowest BCUT2D eigenvalue weighted by atomic mass is 10.2. The van der Waals surface area contributed by atoms with Crippen LogP contribution in [0.25, 0.3) is 0 Å². The molecule has 0 saturated carbocycles. The Hall–Kier alpha value is -0.780. The molecule has 0 amide bonds. The SMILES string of the molecule is CCOc1cc(CNC(C)C)cc(Br)c1OC(C)C(C)O. The number of hydrogen-bond donors (Lipinski definition) is 2. The molecular weight excluding hydrogens is 334 g/mol. The molecule has 0 aliphatic carbocycles. The van der Waals surface area contributed by atoms with Crippen molar-refractivity contribution in [1.29, 1.82) is 0 Å². The topological polar surface area (TPSA) is 50.7 Å². The first-order chi connectivity index (χ1) is 9.85. The maximum atomic E-state index is 9.60. The van der Waals surface area contributed by atoms with Gasteiger partial charge in [0.05, 0.1) is 17.2 Å². The highest BCUT2D eigenvalue weighted by atomic mass is 79.9. The van der Waals surface area contributed by atoms with Crippen molar-refractivity contribution in [3.8, 4) is 11.5 Å². The Bertz CT molecular complexity index is 449. The van der Waals surface area contributed by atoms with Crippen molar-refractivity contribution in [3.05, 3.63) is 22.2 Å². The fourth-order valence-corrected chi connectivity index (χ4v) is 2.29. The zero-order valence-corrected chi connectivity index (χ0v) is 15.0. The first-order valence-electron chi connectivity index (χ1n) is 7.38. The van der Waals surface area contributed by atoms with Gasteiger partial charge >= 0.3 is 0 Å². The first kappa shape index (κ1) is 18.3. The fourth-order valence-electron chi connectivity index (χ4n) is 1.71. The van der Waals surface area contributed by atoms with E-state index in [-0.39, 0.29) is 6.10 Å².